The number of fused-ring (bicyclic) bond motifs is 1. The molecular formula is C14H20ClN3O2S. The zero-order valence-electron chi connectivity index (χ0n) is 12.2. The minimum Gasteiger partial charge on any atom is -0.288 e. The van der Waals surface area contributed by atoms with E-state index >= 15 is 0 Å². The Labute approximate surface area is 130 Å². The van der Waals surface area contributed by atoms with Gasteiger partial charge in [-0.2, -0.15) is 0 Å². The fourth-order valence-electron chi connectivity index (χ4n) is 2.27. The lowest BCUT2D eigenvalue weighted by Gasteiger charge is -2.14. The second kappa shape index (κ2) is 6.77. The molecule has 0 aliphatic heterocycles. The van der Waals surface area contributed by atoms with Crippen LogP contribution in [0.4, 0.5) is 0 Å². The van der Waals surface area contributed by atoms with Gasteiger partial charge in [-0.1, -0.05) is 43.9 Å². The van der Waals surface area contributed by atoms with Crippen LogP contribution in [0, 0.1) is 0 Å². The van der Waals surface area contributed by atoms with Crippen LogP contribution < -0.4 is 4.72 Å². The van der Waals surface area contributed by atoms with E-state index in [0.717, 1.165) is 25.7 Å². The van der Waals surface area contributed by atoms with E-state index < -0.39 is 10.0 Å². The lowest BCUT2D eigenvalue weighted by molar-refractivity contribution is 0.524. The molecule has 2 heterocycles. The minimum atomic E-state index is -3.69. The van der Waals surface area contributed by atoms with Crippen molar-refractivity contribution in [2.75, 3.05) is 0 Å². The van der Waals surface area contributed by atoms with Crippen LogP contribution in [-0.2, 0) is 10.0 Å². The highest BCUT2D eigenvalue weighted by molar-refractivity contribution is 7.89. The zero-order chi connectivity index (χ0) is 15.5. The molecule has 7 heteroatoms. The van der Waals surface area contributed by atoms with Crippen LogP contribution in [0.5, 0.6) is 0 Å². The third kappa shape index (κ3) is 3.75. The molecule has 5 nitrogen and oxygen atoms in total. The number of pyridine rings is 1. The Balaban J connectivity index is 2.24. The van der Waals surface area contributed by atoms with Crippen LogP contribution in [0.2, 0.25) is 5.15 Å². The van der Waals surface area contributed by atoms with E-state index in [1.807, 2.05) is 6.92 Å². The van der Waals surface area contributed by atoms with Crippen molar-refractivity contribution in [2.24, 2.45) is 0 Å². The first-order chi connectivity index (χ1) is 9.95. The van der Waals surface area contributed by atoms with Gasteiger partial charge in [-0.25, -0.2) is 18.1 Å². The summed E-state index contributed by atoms with van der Waals surface area (Å²) in [6, 6.07) is 5.12. The predicted octanol–water partition coefficient (Wildman–Crippen LogP) is 3.23. The SMILES string of the molecule is CCCCCC(C)NS(=O)(=O)c1c(Cl)nc2ccccn12. The highest BCUT2D eigenvalue weighted by Gasteiger charge is 2.25. The Kier molecular flexibility index (Phi) is 5.24. The van der Waals surface area contributed by atoms with Crippen LogP contribution >= 0.6 is 11.6 Å². The molecule has 0 aromatic carbocycles. The first-order valence-electron chi connectivity index (χ1n) is 7.10. The van der Waals surface area contributed by atoms with Gasteiger partial charge in [0.15, 0.2) is 10.2 Å². The summed E-state index contributed by atoms with van der Waals surface area (Å²) < 4.78 is 29.2. The Morgan fingerprint density at radius 3 is 2.86 bits per heavy atom. The third-order valence-corrected chi connectivity index (χ3v) is 5.29. The van der Waals surface area contributed by atoms with Crippen molar-refractivity contribution in [1.29, 1.82) is 0 Å². The van der Waals surface area contributed by atoms with Crippen molar-refractivity contribution in [3.8, 4) is 0 Å². The van der Waals surface area contributed by atoms with E-state index in [2.05, 4.69) is 16.6 Å². The number of hydrogen-bond acceptors (Lipinski definition) is 3. The van der Waals surface area contributed by atoms with Crippen LogP contribution in [0.25, 0.3) is 5.65 Å². The van der Waals surface area contributed by atoms with Gasteiger partial charge in [-0.3, -0.25) is 4.40 Å². The number of hydrogen-bond donors (Lipinski definition) is 1. The molecule has 0 spiro atoms. The highest BCUT2D eigenvalue weighted by Crippen LogP contribution is 2.22. The van der Waals surface area contributed by atoms with E-state index in [-0.39, 0.29) is 16.2 Å². The molecule has 2 rings (SSSR count). The monoisotopic (exact) mass is 329 g/mol. The van der Waals surface area contributed by atoms with E-state index in [0.29, 0.717) is 5.65 Å². The molecule has 0 fully saturated rings. The predicted molar refractivity (Wildman–Crippen MR) is 84.1 cm³/mol. The lowest BCUT2D eigenvalue weighted by Crippen LogP contribution is -2.33. The van der Waals surface area contributed by atoms with Crippen LogP contribution in [0.1, 0.15) is 39.5 Å². The molecule has 0 saturated carbocycles. The van der Waals surface area contributed by atoms with E-state index in [1.54, 1.807) is 24.4 Å². The van der Waals surface area contributed by atoms with Crippen molar-refractivity contribution in [1.82, 2.24) is 14.1 Å². The average molecular weight is 330 g/mol. The second-order valence-corrected chi connectivity index (χ2v) is 7.14. The average Bonchev–Trinajstić information content (AvgIpc) is 2.74. The fraction of sp³-hybridized carbons (Fsp3) is 0.500. The van der Waals surface area contributed by atoms with Crippen LogP contribution in [0.15, 0.2) is 29.4 Å². The van der Waals surface area contributed by atoms with Crippen molar-refractivity contribution in [3.05, 3.63) is 29.5 Å². The van der Waals surface area contributed by atoms with Crippen molar-refractivity contribution in [3.63, 3.8) is 0 Å². The molecule has 0 bridgehead atoms. The van der Waals surface area contributed by atoms with Gasteiger partial charge in [0.2, 0.25) is 0 Å². The summed E-state index contributed by atoms with van der Waals surface area (Å²) in [7, 11) is -3.69. The topological polar surface area (TPSA) is 63.5 Å². The molecule has 1 atom stereocenters. The van der Waals surface area contributed by atoms with Gasteiger partial charge in [0.05, 0.1) is 0 Å². The maximum atomic E-state index is 12.5. The van der Waals surface area contributed by atoms with Gasteiger partial charge in [-0.05, 0) is 25.5 Å². The van der Waals surface area contributed by atoms with Crippen LogP contribution in [0.3, 0.4) is 0 Å². The molecule has 0 aliphatic rings. The standard InChI is InChI=1S/C14H20ClN3O2S/c1-3-4-5-8-11(2)17-21(19,20)14-13(15)16-12-9-6-7-10-18(12)14/h6-7,9-11,17H,3-5,8H2,1-2H3. The highest BCUT2D eigenvalue weighted by atomic mass is 35.5. The summed E-state index contributed by atoms with van der Waals surface area (Å²) in [6.45, 7) is 3.98. The maximum Gasteiger partial charge on any atom is 0.259 e. The summed E-state index contributed by atoms with van der Waals surface area (Å²) in [6.07, 6.45) is 5.66. The number of halogens is 1. The quantitative estimate of drug-likeness (QED) is 0.793. The molecular weight excluding hydrogens is 310 g/mol. The molecule has 0 amide bonds. The van der Waals surface area contributed by atoms with Crippen molar-refractivity contribution in [2.45, 2.75) is 50.6 Å². The molecule has 0 saturated heterocycles. The first-order valence-corrected chi connectivity index (χ1v) is 8.96. The smallest absolute Gasteiger partial charge is 0.259 e. The minimum absolute atomic E-state index is 0.00195. The normalized spacial score (nSPS) is 13.7. The number of nitrogens with zero attached hydrogens (tertiary/aromatic N) is 2. The second-order valence-electron chi connectivity index (χ2n) is 5.15. The number of imidazole rings is 1. The molecule has 21 heavy (non-hydrogen) atoms. The lowest BCUT2D eigenvalue weighted by atomic mass is 10.1. The molecule has 0 radical (unpaired) electrons. The van der Waals surface area contributed by atoms with Gasteiger partial charge < -0.3 is 0 Å². The van der Waals surface area contributed by atoms with Crippen LogP contribution in [-0.4, -0.2) is 23.8 Å². The molecule has 1 unspecified atom stereocenters. The maximum absolute atomic E-state index is 12.5. The molecule has 0 aliphatic carbocycles. The van der Waals surface area contributed by atoms with Crippen molar-refractivity contribution < 1.29 is 8.42 Å². The Morgan fingerprint density at radius 1 is 1.38 bits per heavy atom. The van der Waals surface area contributed by atoms with E-state index in [1.165, 1.54) is 4.40 Å². The first kappa shape index (κ1) is 16.3. The summed E-state index contributed by atoms with van der Waals surface area (Å²) in [5.41, 5.74) is 0.515. The summed E-state index contributed by atoms with van der Waals surface area (Å²) in [5.74, 6) is 0. The zero-order valence-corrected chi connectivity index (χ0v) is 13.8. The fourth-order valence-corrected chi connectivity index (χ4v) is 4.19. The van der Waals surface area contributed by atoms with Gasteiger partial charge in [0.25, 0.3) is 10.0 Å². The number of nitrogens with one attached hydrogen (secondary N) is 1. The van der Waals surface area contributed by atoms with Gasteiger partial charge in [0.1, 0.15) is 5.65 Å². The Morgan fingerprint density at radius 2 is 2.14 bits per heavy atom. The molecule has 1 N–H and O–H groups in total. The molecule has 2 aromatic rings. The van der Waals surface area contributed by atoms with Gasteiger partial charge in [0, 0.05) is 12.2 Å². The summed E-state index contributed by atoms with van der Waals surface area (Å²) in [4.78, 5) is 4.07. The Bertz CT molecular complexity index is 712. The summed E-state index contributed by atoms with van der Waals surface area (Å²) in [5, 5.41) is -0.00318. The summed E-state index contributed by atoms with van der Waals surface area (Å²) >= 11 is 6.01. The number of rotatable bonds is 7. The van der Waals surface area contributed by atoms with Gasteiger partial charge >= 0.3 is 0 Å². The van der Waals surface area contributed by atoms with E-state index in [4.69, 9.17) is 11.6 Å². The van der Waals surface area contributed by atoms with Crippen molar-refractivity contribution >= 4 is 27.3 Å². The number of aromatic nitrogens is 2. The molecule has 2 aromatic heterocycles. The van der Waals surface area contributed by atoms with Gasteiger partial charge in [-0.15, -0.1) is 0 Å². The number of sulfonamides is 1. The number of unbranched alkanes of at least 4 members (excludes halogenated alkanes) is 2. The largest absolute Gasteiger partial charge is 0.288 e. The Hall–Kier alpha value is -1.11. The van der Waals surface area contributed by atoms with E-state index in [9.17, 15) is 8.42 Å². The third-order valence-electron chi connectivity index (χ3n) is 3.30. The molecule has 116 valence electrons.